The van der Waals surface area contributed by atoms with Crippen LogP contribution in [-0.2, 0) is 19.0 Å². The first kappa shape index (κ1) is 16.4. The summed E-state index contributed by atoms with van der Waals surface area (Å²) in [5.41, 5.74) is -0.781. The highest BCUT2D eigenvalue weighted by Gasteiger charge is 2.33. The SMILES string of the molecule is CCCNC(C)(COCCOCC)C(=O)OC. The van der Waals surface area contributed by atoms with E-state index in [0.29, 0.717) is 19.8 Å². The van der Waals surface area contributed by atoms with Gasteiger partial charge in [-0.15, -0.1) is 0 Å². The van der Waals surface area contributed by atoms with Gasteiger partial charge in [-0.2, -0.15) is 0 Å². The minimum absolute atomic E-state index is 0.284. The van der Waals surface area contributed by atoms with Gasteiger partial charge < -0.3 is 19.5 Å². The van der Waals surface area contributed by atoms with Crippen molar-refractivity contribution in [1.82, 2.24) is 5.32 Å². The maximum absolute atomic E-state index is 11.7. The zero-order chi connectivity index (χ0) is 13.1. The number of carbonyl (C=O) groups excluding carboxylic acids is 1. The van der Waals surface area contributed by atoms with Crippen molar-refractivity contribution in [2.75, 3.05) is 40.1 Å². The van der Waals surface area contributed by atoms with E-state index in [1.807, 2.05) is 13.8 Å². The van der Waals surface area contributed by atoms with E-state index in [4.69, 9.17) is 14.2 Å². The van der Waals surface area contributed by atoms with Gasteiger partial charge in [0.25, 0.3) is 0 Å². The minimum Gasteiger partial charge on any atom is -0.468 e. The molecule has 102 valence electrons. The van der Waals surface area contributed by atoms with E-state index in [-0.39, 0.29) is 12.6 Å². The predicted octanol–water partition coefficient (Wildman–Crippen LogP) is 0.971. The Morgan fingerprint density at radius 1 is 1.24 bits per heavy atom. The second-order valence-electron chi connectivity index (χ2n) is 4.00. The first-order valence-electron chi connectivity index (χ1n) is 6.09. The van der Waals surface area contributed by atoms with Gasteiger partial charge in [-0.05, 0) is 26.8 Å². The Bertz CT molecular complexity index is 211. The van der Waals surface area contributed by atoms with E-state index in [2.05, 4.69) is 5.32 Å². The predicted molar refractivity (Wildman–Crippen MR) is 66.0 cm³/mol. The zero-order valence-corrected chi connectivity index (χ0v) is 11.4. The van der Waals surface area contributed by atoms with Crippen LogP contribution in [0, 0.1) is 0 Å². The summed E-state index contributed by atoms with van der Waals surface area (Å²) in [6.45, 7) is 8.49. The molecule has 0 aliphatic rings. The molecule has 0 fully saturated rings. The molecular formula is C12H25NO4. The molecule has 1 unspecified atom stereocenters. The standard InChI is InChI=1S/C12H25NO4/c1-5-7-13-12(3,11(14)15-4)10-17-9-8-16-6-2/h13H,5-10H2,1-4H3. The van der Waals surface area contributed by atoms with Gasteiger partial charge in [0.2, 0.25) is 0 Å². The smallest absolute Gasteiger partial charge is 0.328 e. The summed E-state index contributed by atoms with van der Waals surface area (Å²) in [7, 11) is 1.38. The van der Waals surface area contributed by atoms with Crippen molar-refractivity contribution < 1.29 is 19.0 Å². The number of ether oxygens (including phenoxy) is 3. The van der Waals surface area contributed by atoms with Crippen LogP contribution in [0.3, 0.4) is 0 Å². The highest BCUT2D eigenvalue weighted by atomic mass is 16.5. The number of carbonyl (C=O) groups is 1. The lowest BCUT2D eigenvalue weighted by molar-refractivity contribution is -0.151. The van der Waals surface area contributed by atoms with Crippen molar-refractivity contribution in [3.05, 3.63) is 0 Å². The third-order valence-electron chi connectivity index (χ3n) is 2.37. The third-order valence-corrected chi connectivity index (χ3v) is 2.37. The molecule has 0 rings (SSSR count). The summed E-state index contributed by atoms with van der Waals surface area (Å²) in [6, 6.07) is 0. The molecule has 0 heterocycles. The number of rotatable bonds is 10. The van der Waals surface area contributed by atoms with Crippen LogP contribution in [0.2, 0.25) is 0 Å². The van der Waals surface area contributed by atoms with Crippen molar-refractivity contribution >= 4 is 5.97 Å². The topological polar surface area (TPSA) is 56.8 Å². The Balaban J connectivity index is 4.05. The van der Waals surface area contributed by atoms with E-state index < -0.39 is 5.54 Å². The van der Waals surface area contributed by atoms with E-state index in [9.17, 15) is 4.79 Å². The highest BCUT2D eigenvalue weighted by molar-refractivity contribution is 5.80. The van der Waals surface area contributed by atoms with Crippen LogP contribution in [0.4, 0.5) is 0 Å². The minimum atomic E-state index is -0.781. The Labute approximate surface area is 104 Å². The molecule has 0 aliphatic carbocycles. The average Bonchev–Trinajstić information content (AvgIpc) is 2.35. The number of esters is 1. The molecule has 0 aromatic carbocycles. The van der Waals surface area contributed by atoms with Crippen LogP contribution in [0.1, 0.15) is 27.2 Å². The van der Waals surface area contributed by atoms with E-state index in [1.165, 1.54) is 7.11 Å². The number of hydrogen-bond donors (Lipinski definition) is 1. The van der Waals surface area contributed by atoms with E-state index in [1.54, 1.807) is 6.92 Å². The summed E-state index contributed by atoms with van der Waals surface area (Å²) in [6.07, 6.45) is 0.950. The fourth-order valence-electron chi connectivity index (χ4n) is 1.35. The maximum Gasteiger partial charge on any atom is 0.328 e. The summed E-state index contributed by atoms with van der Waals surface area (Å²) in [5.74, 6) is -0.303. The second-order valence-corrected chi connectivity index (χ2v) is 4.00. The van der Waals surface area contributed by atoms with E-state index in [0.717, 1.165) is 13.0 Å². The summed E-state index contributed by atoms with van der Waals surface area (Å²) in [4.78, 5) is 11.7. The molecule has 0 saturated heterocycles. The van der Waals surface area contributed by atoms with Crippen molar-refractivity contribution in [1.29, 1.82) is 0 Å². The lowest BCUT2D eigenvalue weighted by Crippen LogP contribution is -2.54. The monoisotopic (exact) mass is 247 g/mol. The molecule has 0 aromatic heterocycles. The molecule has 0 aromatic rings. The molecule has 0 saturated carbocycles. The molecule has 0 radical (unpaired) electrons. The quantitative estimate of drug-likeness (QED) is 0.460. The Morgan fingerprint density at radius 2 is 1.88 bits per heavy atom. The molecule has 1 N–H and O–H groups in total. The van der Waals surface area contributed by atoms with Gasteiger partial charge in [-0.25, -0.2) is 4.79 Å². The molecule has 5 nitrogen and oxygen atoms in total. The van der Waals surface area contributed by atoms with Gasteiger partial charge in [0.15, 0.2) is 0 Å². The fourth-order valence-corrected chi connectivity index (χ4v) is 1.35. The van der Waals surface area contributed by atoms with Crippen LogP contribution in [0.5, 0.6) is 0 Å². The lowest BCUT2D eigenvalue weighted by atomic mass is 10.0. The van der Waals surface area contributed by atoms with Crippen molar-refractivity contribution in [2.24, 2.45) is 0 Å². The molecule has 5 heteroatoms. The third kappa shape index (κ3) is 6.61. The molecular weight excluding hydrogens is 222 g/mol. The molecule has 0 amide bonds. The van der Waals surface area contributed by atoms with Crippen LogP contribution >= 0.6 is 0 Å². The van der Waals surface area contributed by atoms with Gasteiger partial charge in [0.05, 0.1) is 26.9 Å². The molecule has 0 bridgehead atoms. The van der Waals surface area contributed by atoms with Gasteiger partial charge >= 0.3 is 5.97 Å². The Hall–Kier alpha value is -0.650. The van der Waals surface area contributed by atoms with Gasteiger partial charge in [-0.1, -0.05) is 6.92 Å². The fraction of sp³-hybridized carbons (Fsp3) is 0.917. The Morgan fingerprint density at radius 3 is 2.41 bits per heavy atom. The normalized spacial score (nSPS) is 14.4. The molecule has 17 heavy (non-hydrogen) atoms. The average molecular weight is 247 g/mol. The van der Waals surface area contributed by atoms with Crippen molar-refractivity contribution in [2.45, 2.75) is 32.7 Å². The highest BCUT2D eigenvalue weighted by Crippen LogP contribution is 2.07. The zero-order valence-electron chi connectivity index (χ0n) is 11.4. The van der Waals surface area contributed by atoms with Gasteiger partial charge in [0.1, 0.15) is 5.54 Å². The largest absolute Gasteiger partial charge is 0.468 e. The van der Waals surface area contributed by atoms with Crippen LogP contribution < -0.4 is 5.32 Å². The summed E-state index contributed by atoms with van der Waals surface area (Å²) < 4.78 is 15.4. The molecule has 0 spiro atoms. The van der Waals surface area contributed by atoms with Crippen molar-refractivity contribution in [3.8, 4) is 0 Å². The number of nitrogens with one attached hydrogen (secondary N) is 1. The lowest BCUT2D eigenvalue weighted by Gasteiger charge is -2.27. The summed E-state index contributed by atoms with van der Waals surface area (Å²) >= 11 is 0. The number of methoxy groups -OCH3 is 1. The summed E-state index contributed by atoms with van der Waals surface area (Å²) in [5, 5.41) is 3.15. The second kappa shape index (κ2) is 9.39. The Kier molecular flexibility index (Phi) is 9.03. The first-order valence-corrected chi connectivity index (χ1v) is 6.09. The van der Waals surface area contributed by atoms with E-state index >= 15 is 0 Å². The van der Waals surface area contributed by atoms with Gasteiger partial charge in [-0.3, -0.25) is 0 Å². The van der Waals surface area contributed by atoms with Gasteiger partial charge in [0, 0.05) is 6.61 Å². The number of hydrogen-bond acceptors (Lipinski definition) is 5. The van der Waals surface area contributed by atoms with Crippen LogP contribution in [0.15, 0.2) is 0 Å². The van der Waals surface area contributed by atoms with Crippen molar-refractivity contribution in [3.63, 3.8) is 0 Å². The molecule has 0 aliphatic heterocycles. The van der Waals surface area contributed by atoms with Crippen LogP contribution in [0.25, 0.3) is 0 Å². The molecule has 1 atom stereocenters. The maximum atomic E-state index is 11.7. The first-order chi connectivity index (χ1) is 8.10. The van der Waals surface area contributed by atoms with Crippen LogP contribution in [-0.4, -0.2) is 51.6 Å².